The molecule has 0 spiro atoms. The van der Waals surface area contributed by atoms with Crippen molar-refractivity contribution in [3.8, 4) is 0 Å². The number of hydrogen-bond donors (Lipinski definition) is 1. The predicted molar refractivity (Wildman–Crippen MR) is 109 cm³/mol. The lowest BCUT2D eigenvalue weighted by atomic mass is 10.00. The van der Waals surface area contributed by atoms with Gasteiger partial charge in [0.05, 0.1) is 0 Å². The maximum absolute atomic E-state index is 12.8. The van der Waals surface area contributed by atoms with Crippen molar-refractivity contribution in [1.29, 1.82) is 0 Å². The molecule has 1 aliphatic heterocycles. The third-order valence-electron chi connectivity index (χ3n) is 5.10. The number of amides is 1. The number of anilines is 2. The molecule has 1 aliphatic rings. The van der Waals surface area contributed by atoms with Crippen LogP contribution in [0.2, 0.25) is 0 Å². The van der Waals surface area contributed by atoms with Crippen LogP contribution in [0.25, 0.3) is 0 Å². The highest BCUT2D eigenvalue weighted by atomic mass is 16.1. The Morgan fingerprint density at radius 2 is 1.85 bits per heavy atom. The largest absolute Gasteiger partial charge is 0.352 e. The highest BCUT2D eigenvalue weighted by Crippen LogP contribution is 2.24. The quantitative estimate of drug-likeness (QED) is 0.750. The molecule has 1 amide bonds. The van der Waals surface area contributed by atoms with Crippen molar-refractivity contribution >= 4 is 17.4 Å². The first-order valence-electron chi connectivity index (χ1n) is 9.26. The van der Waals surface area contributed by atoms with Crippen LogP contribution in [-0.4, -0.2) is 17.4 Å². The number of hydrogen-bond acceptors (Lipinski definition) is 3. The van der Waals surface area contributed by atoms with E-state index in [1.54, 1.807) is 12.3 Å². The van der Waals surface area contributed by atoms with Gasteiger partial charge in [0.2, 0.25) is 0 Å². The maximum Gasteiger partial charge on any atom is 0.255 e. The maximum atomic E-state index is 12.8. The van der Waals surface area contributed by atoms with Gasteiger partial charge >= 0.3 is 0 Å². The number of benzene rings is 2. The van der Waals surface area contributed by atoms with Gasteiger partial charge in [0.15, 0.2) is 0 Å². The van der Waals surface area contributed by atoms with Crippen LogP contribution >= 0.6 is 0 Å². The fourth-order valence-corrected chi connectivity index (χ4v) is 3.49. The van der Waals surface area contributed by atoms with Crippen molar-refractivity contribution in [2.45, 2.75) is 26.8 Å². The Morgan fingerprint density at radius 3 is 2.70 bits per heavy atom. The van der Waals surface area contributed by atoms with E-state index in [1.165, 1.54) is 11.1 Å². The van der Waals surface area contributed by atoms with Crippen LogP contribution in [0.15, 0.2) is 60.8 Å². The van der Waals surface area contributed by atoms with Crippen molar-refractivity contribution in [3.05, 3.63) is 88.6 Å². The van der Waals surface area contributed by atoms with Crippen molar-refractivity contribution in [1.82, 2.24) is 4.98 Å². The van der Waals surface area contributed by atoms with Gasteiger partial charge in [-0.1, -0.05) is 36.4 Å². The summed E-state index contributed by atoms with van der Waals surface area (Å²) in [7, 11) is 0. The minimum absolute atomic E-state index is 0.107. The molecule has 0 bridgehead atoms. The molecular weight excluding hydrogens is 334 g/mol. The predicted octanol–water partition coefficient (Wildman–Crippen LogP) is 4.51. The van der Waals surface area contributed by atoms with Crippen LogP contribution in [0, 0.1) is 13.8 Å². The molecule has 1 aromatic heterocycles. The van der Waals surface area contributed by atoms with Gasteiger partial charge < -0.3 is 10.2 Å². The van der Waals surface area contributed by atoms with E-state index in [0.717, 1.165) is 42.1 Å². The first kappa shape index (κ1) is 17.3. The number of carbonyl (C=O) groups is 1. The molecule has 2 aromatic carbocycles. The summed E-state index contributed by atoms with van der Waals surface area (Å²) >= 11 is 0. The molecule has 0 saturated carbocycles. The van der Waals surface area contributed by atoms with Crippen LogP contribution in [0.1, 0.15) is 32.6 Å². The zero-order valence-electron chi connectivity index (χ0n) is 15.7. The second kappa shape index (κ2) is 7.23. The summed E-state index contributed by atoms with van der Waals surface area (Å²) in [5.74, 6) is 0.739. The van der Waals surface area contributed by atoms with Gasteiger partial charge in [-0.15, -0.1) is 0 Å². The molecule has 0 saturated heterocycles. The third-order valence-corrected chi connectivity index (χ3v) is 5.10. The van der Waals surface area contributed by atoms with Crippen LogP contribution in [-0.2, 0) is 13.0 Å². The topological polar surface area (TPSA) is 45.2 Å². The summed E-state index contributed by atoms with van der Waals surface area (Å²) in [5, 5.41) is 3.03. The summed E-state index contributed by atoms with van der Waals surface area (Å²) in [5.41, 5.74) is 6.38. The fourth-order valence-electron chi connectivity index (χ4n) is 3.49. The number of aryl methyl sites for hydroxylation is 2. The molecule has 27 heavy (non-hydrogen) atoms. The molecular formula is C23H23N3O. The molecule has 4 rings (SSSR count). The van der Waals surface area contributed by atoms with Crippen LogP contribution in [0.4, 0.5) is 11.5 Å². The first-order valence-corrected chi connectivity index (χ1v) is 9.26. The standard InChI is InChI=1S/C23H23N3O/c1-16-7-8-17(2)21(13-16)25-23(27)19-9-11-24-22(14-19)26-12-10-18-5-3-4-6-20(18)15-26/h3-9,11,13-14H,10,12,15H2,1-2H3,(H,25,27). The van der Waals surface area contributed by atoms with E-state index in [2.05, 4.69) is 39.5 Å². The molecule has 4 nitrogen and oxygen atoms in total. The van der Waals surface area contributed by atoms with Crippen molar-refractivity contribution < 1.29 is 4.79 Å². The first-order chi connectivity index (χ1) is 13.1. The molecule has 136 valence electrons. The van der Waals surface area contributed by atoms with Gasteiger partial charge in [-0.3, -0.25) is 4.79 Å². The second-order valence-electron chi connectivity index (χ2n) is 7.12. The minimum atomic E-state index is -0.107. The van der Waals surface area contributed by atoms with Gasteiger partial charge in [-0.25, -0.2) is 4.98 Å². The molecule has 0 atom stereocenters. The molecule has 0 aliphatic carbocycles. The fraction of sp³-hybridized carbons (Fsp3) is 0.217. The summed E-state index contributed by atoms with van der Waals surface area (Å²) in [4.78, 5) is 19.5. The Bertz CT molecular complexity index is 996. The highest BCUT2D eigenvalue weighted by Gasteiger charge is 2.18. The molecule has 1 N–H and O–H groups in total. The summed E-state index contributed by atoms with van der Waals surface area (Å²) in [6.45, 7) is 5.75. The number of fused-ring (bicyclic) bond motifs is 1. The molecule has 0 unspecified atom stereocenters. The van der Waals surface area contributed by atoms with Gasteiger partial charge in [0.25, 0.3) is 5.91 Å². The Balaban J connectivity index is 1.54. The normalized spacial score (nSPS) is 13.2. The third kappa shape index (κ3) is 3.70. The van der Waals surface area contributed by atoms with E-state index in [1.807, 2.05) is 38.1 Å². The second-order valence-corrected chi connectivity index (χ2v) is 7.12. The van der Waals surface area contributed by atoms with Crippen LogP contribution < -0.4 is 10.2 Å². The molecule has 0 radical (unpaired) electrons. The smallest absolute Gasteiger partial charge is 0.255 e. The van der Waals surface area contributed by atoms with Crippen LogP contribution in [0.5, 0.6) is 0 Å². The van der Waals surface area contributed by atoms with E-state index in [9.17, 15) is 4.79 Å². The van der Waals surface area contributed by atoms with Crippen LogP contribution in [0.3, 0.4) is 0 Å². The Hall–Kier alpha value is -3.14. The average molecular weight is 357 g/mol. The lowest BCUT2D eigenvalue weighted by molar-refractivity contribution is 0.102. The Kier molecular flexibility index (Phi) is 4.63. The van der Waals surface area contributed by atoms with Gasteiger partial charge in [-0.2, -0.15) is 0 Å². The zero-order valence-corrected chi connectivity index (χ0v) is 15.7. The average Bonchev–Trinajstić information content (AvgIpc) is 2.70. The molecule has 3 aromatic rings. The number of aromatic nitrogens is 1. The van der Waals surface area contributed by atoms with Gasteiger partial charge in [0.1, 0.15) is 5.82 Å². The Labute approximate surface area is 159 Å². The number of nitrogens with one attached hydrogen (secondary N) is 1. The lowest BCUT2D eigenvalue weighted by Crippen LogP contribution is -2.31. The minimum Gasteiger partial charge on any atom is -0.352 e. The number of rotatable bonds is 3. The summed E-state index contributed by atoms with van der Waals surface area (Å²) < 4.78 is 0. The summed E-state index contributed by atoms with van der Waals surface area (Å²) in [6, 6.07) is 18.2. The van der Waals surface area contributed by atoms with E-state index in [4.69, 9.17) is 0 Å². The monoisotopic (exact) mass is 357 g/mol. The summed E-state index contributed by atoms with van der Waals surface area (Å²) in [6.07, 6.45) is 2.71. The van der Waals surface area contributed by atoms with E-state index in [0.29, 0.717) is 5.56 Å². The molecule has 4 heteroatoms. The molecule has 0 fully saturated rings. The molecule has 2 heterocycles. The number of carbonyl (C=O) groups excluding carboxylic acids is 1. The van der Waals surface area contributed by atoms with Crippen molar-refractivity contribution in [2.75, 3.05) is 16.8 Å². The van der Waals surface area contributed by atoms with Crippen molar-refractivity contribution in [3.63, 3.8) is 0 Å². The number of nitrogens with zero attached hydrogens (tertiary/aromatic N) is 2. The van der Waals surface area contributed by atoms with E-state index >= 15 is 0 Å². The zero-order chi connectivity index (χ0) is 18.8. The highest BCUT2D eigenvalue weighted by molar-refractivity contribution is 6.05. The lowest BCUT2D eigenvalue weighted by Gasteiger charge is -2.29. The van der Waals surface area contributed by atoms with Crippen molar-refractivity contribution in [2.24, 2.45) is 0 Å². The van der Waals surface area contributed by atoms with Gasteiger partial charge in [0, 0.05) is 30.5 Å². The van der Waals surface area contributed by atoms with E-state index in [-0.39, 0.29) is 5.91 Å². The Morgan fingerprint density at radius 1 is 1.04 bits per heavy atom. The van der Waals surface area contributed by atoms with E-state index < -0.39 is 0 Å². The number of pyridine rings is 1. The van der Waals surface area contributed by atoms with Gasteiger partial charge in [-0.05, 0) is 60.7 Å². The SMILES string of the molecule is Cc1ccc(C)c(NC(=O)c2ccnc(N3CCc4ccccc4C3)c2)c1.